The van der Waals surface area contributed by atoms with Crippen molar-refractivity contribution in [3.8, 4) is 0 Å². The third-order valence-corrected chi connectivity index (χ3v) is 1.06. The highest BCUT2D eigenvalue weighted by molar-refractivity contribution is 5.07. The quantitative estimate of drug-likeness (QED) is 0.549. The van der Waals surface area contributed by atoms with E-state index in [1.54, 1.807) is 6.26 Å². The first kappa shape index (κ1) is 6.14. The van der Waals surface area contributed by atoms with Crippen LogP contribution in [0.3, 0.4) is 0 Å². The molecule has 0 unspecified atom stereocenters. The first-order valence-corrected chi connectivity index (χ1v) is 2.96. The lowest BCUT2D eigenvalue weighted by atomic mass is 10.2. The topological polar surface area (TPSA) is 13.1 Å². The Hall–Kier alpha value is -0.980. The van der Waals surface area contributed by atoms with Gasteiger partial charge in [0.05, 0.1) is 6.26 Å². The number of allylic oxidation sites excluding steroid dienone is 1. The van der Waals surface area contributed by atoms with Gasteiger partial charge in [-0.2, -0.15) is 0 Å². The van der Waals surface area contributed by atoms with E-state index in [4.69, 9.17) is 4.42 Å². The second kappa shape index (κ2) is 2.53. The standard InChI is InChI=1S/C8H10O/c1-7(2)6-8-4-3-5-9-8/h3-5H,1,6H2,2H3. The Labute approximate surface area is 55.0 Å². The molecule has 0 amide bonds. The van der Waals surface area contributed by atoms with Crippen molar-refractivity contribution in [2.75, 3.05) is 0 Å². The van der Waals surface area contributed by atoms with Gasteiger partial charge in [-0.15, -0.1) is 0 Å². The zero-order chi connectivity index (χ0) is 6.69. The van der Waals surface area contributed by atoms with Crippen LogP contribution in [0.5, 0.6) is 0 Å². The Morgan fingerprint density at radius 1 is 1.78 bits per heavy atom. The lowest BCUT2D eigenvalue weighted by Gasteiger charge is -1.91. The second-order valence-electron chi connectivity index (χ2n) is 2.21. The summed E-state index contributed by atoms with van der Waals surface area (Å²) in [5, 5.41) is 0. The predicted molar refractivity (Wildman–Crippen MR) is 37.2 cm³/mol. The first-order chi connectivity index (χ1) is 4.29. The van der Waals surface area contributed by atoms with Gasteiger partial charge in [-0.25, -0.2) is 0 Å². The van der Waals surface area contributed by atoms with E-state index in [1.807, 2.05) is 19.1 Å². The van der Waals surface area contributed by atoms with Crippen LogP contribution >= 0.6 is 0 Å². The molecule has 0 aliphatic rings. The van der Waals surface area contributed by atoms with Crippen LogP contribution in [0.15, 0.2) is 35.0 Å². The molecule has 0 saturated carbocycles. The van der Waals surface area contributed by atoms with Gasteiger partial charge < -0.3 is 4.42 Å². The minimum atomic E-state index is 0.854. The van der Waals surface area contributed by atoms with E-state index in [2.05, 4.69) is 6.58 Å². The maximum absolute atomic E-state index is 5.08. The Bertz CT molecular complexity index is 184. The summed E-state index contributed by atoms with van der Waals surface area (Å²) in [4.78, 5) is 0. The van der Waals surface area contributed by atoms with Gasteiger partial charge in [0.15, 0.2) is 0 Å². The average molecular weight is 122 g/mol. The van der Waals surface area contributed by atoms with Gasteiger partial charge in [0.2, 0.25) is 0 Å². The van der Waals surface area contributed by atoms with Crippen molar-refractivity contribution in [1.29, 1.82) is 0 Å². The molecule has 48 valence electrons. The van der Waals surface area contributed by atoms with Crippen LogP contribution in [0.25, 0.3) is 0 Å². The minimum Gasteiger partial charge on any atom is -0.469 e. The Morgan fingerprint density at radius 2 is 2.56 bits per heavy atom. The van der Waals surface area contributed by atoms with E-state index in [0.717, 1.165) is 17.8 Å². The fourth-order valence-corrected chi connectivity index (χ4v) is 0.711. The van der Waals surface area contributed by atoms with Crippen LogP contribution in [0, 0.1) is 0 Å². The molecule has 0 saturated heterocycles. The summed E-state index contributed by atoms with van der Waals surface area (Å²) in [5.74, 6) is 0.988. The average Bonchev–Trinajstić information content (AvgIpc) is 2.15. The van der Waals surface area contributed by atoms with Crippen LogP contribution in [-0.2, 0) is 6.42 Å². The molecule has 0 atom stereocenters. The predicted octanol–water partition coefficient (Wildman–Crippen LogP) is 2.40. The summed E-state index contributed by atoms with van der Waals surface area (Å²) < 4.78 is 5.08. The summed E-state index contributed by atoms with van der Waals surface area (Å²) in [6, 6.07) is 3.84. The molecule has 1 heterocycles. The normalized spacial score (nSPS) is 9.44. The van der Waals surface area contributed by atoms with E-state index >= 15 is 0 Å². The smallest absolute Gasteiger partial charge is 0.107 e. The van der Waals surface area contributed by atoms with Crippen molar-refractivity contribution in [2.24, 2.45) is 0 Å². The molecule has 1 aromatic rings. The van der Waals surface area contributed by atoms with E-state index < -0.39 is 0 Å². The van der Waals surface area contributed by atoms with Gasteiger partial charge in [0.25, 0.3) is 0 Å². The van der Waals surface area contributed by atoms with Crippen molar-refractivity contribution in [3.05, 3.63) is 36.3 Å². The maximum atomic E-state index is 5.08. The van der Waals surface area contributed by atoms with Gasteiger partial charge in [0.1, 0.15) is 5.76 Å². The first-order valence-electron chi connectivity index (χ1n) is 2.96. The van der Waals surface area contributed by atoms with Gasteiger partial charge in [0, 0.05) is 6.42 Å². The Morgan fingerprint density at radius 3 is 3.00 bits per heavy atom. The molecule has 0 fully saturated rings. The SMILES string of the molecule is C=C(C)Cc1ccco1. The van der Waals surface area contributed by atoms with Crippen molar-refractivity contribution in [1.82, 2.24) is 0 Å². The molecule has 1 heteroatoms. The van der Waals surface area contributed by atoms with Crippen molar-refractivity contribution in [3.63, 3.8) is 0 Å². The molecule has 0 N–H and O–H groups in total. The summed E-state index contributed by atoms with van der Waals surface area (Å²) in [7, 11) is 0. The van der Waals surface area contributed by atoms with Crippen molar-refractivity contribution < 1.29 is 4.42 Å². The van der Waals surface area contributed by atoms with Gasteiger partial charge in [-0.05, 0) is 19.1 Å². The van der Waals surface area contributed by atoms with E-state index in [0.29, 0.717) is 0 Å². The Kier molecular flexibility index (Phi) is 1.73. The Balaban J connectivity index is 2.58. The third-order valence-electron chi connectivity index (χ3n) is 1.06. The molecule has 1 aromatic heterocycles. The second-order valence-corrected chi connectivity index (χ2v) is 2.21. The van der Waals surface area contributed by atoms with Gasteiger partial charge in [-0.1, -0.05) is 12.2 Å². The maximum Gasteiger partial charge on any atom is 0.107 e. The molecule has 0 radical (unpaired) electrons. The van der Waals surface area contributed by atoms with Crippen LogP contribution in [-0.4, -0.2) is 0 Å². The summed E-state index contributed by atoms with van der Waals surface area (Å²) in [6.45, 7) is 5.76. The molecule has 0 bridgehead atoms. The van der Waals surface area contributed by atoms with Gasteiger partial charge >= 0.3 is 0 Å². The molecule has 0 aromatic carbocycles. The fourth-order valence-electron chi connectivity index (χ4n) is 0.711. The van der Waals surface area contributed by atoms with Crippen molar-refractivity contribution in [2.45, 2.75) is 13.3 Å². The number of hydrogen-bond acceptors (Lipinski definition) is 1. The van der Waals surface area contributed by atoms with E-state index in [1.165, 1.54) is 0 Å². The van der Waals surface area contributed by atoms with Crippen molar-refractivity contribution >= 4 is 0 Å². The zero-order valence-corrected chi connectivity index (χ0v) is 5.55. The van der Waals surface area contributed by atoms with Crippen LogP contribution < -0.4 is 0 Å². The molecule has 1 rings (SSSR count). The van der Waals surface area contributed by atoms with Crippen LogP contribution in [0.1, 0.15) is 12.7 Å². The largest absolute Gasteiger partial charge is 0.469 e. The molecule has 1 nitrogen and oxygen atoms in total. The molecule has 0 spiro atoms. The molecular formula is C8H10O. The third kappa shape index (κ3) is 1.76. The van der Waals surface area contributed by atoms with E-state index in [9.17, 15) is 0 Å². The number of furan rings is 1. The minimum absolute atomic E-state index is 0.854. The highest BCUT2D eigenvalue weighted by atomic mass is 16.3. The summed E-state index contributed by atoms with van der Waals surface area (Å²) >= 11 is 0. The number of rotatable bonds is 2. The molecular weight excluding hydrogens is 112 g/mol. The summed E-state index contributed by atoms with van der Waals surface area (Å²) in [6.07, 6.45) is 2.53. The van der Waals surface area contributed by atoms with Crippen LogP contribution in [0.4, 0.5) is 0 Å². The monoisotopic (exact) mass is 122 g/mol. The molecule has 0 aliphatic heterocycles. The number of hydrogen-bond donors (Lipinski definition) is 0. The van der Waals surface area contributed by atoms with Crippen LogP contribution in [0.2, 0.25) is 0 Å². The van der Waals surface area contributed by atoms with Gasteiger partial charge in [-0.3, -0.25) is 0 Å². The molecule has 9 heavy (non-hydrogen) atoms. The highest BCUT2D eigenvalue weighted by Crippen LogP contribution is 2.05. The summed E-state index contributed by atoms with van der Waals surface area (Å²) in [5.41, 5.74) is 1.13. The zero-order valence-electron chi connectivity index (χ0n) is 5.55. The lowest BCUT2D eigenvalue weighted by molar-refractivity contribution is 0.520. The molecule has 0 aliphatic carbocycles. The highest BCUT2D eigenvalue weighted by Gasteiger charge is 1.92. The van der Waals surface area contributed by atoms with E-state index in [-0.39, 0.29) is 0 Å². The fraction of sp³-hybridized carbons (Fsp3) is 0.250. The lowest BCUT2D eigenvalue weighted by Crippen LogP contribution is -1.79.